The fourth-order valence-electron chi connectivity index (χ4n) is 2.64. The van der Waals surface area contributed by atoms with Crippen LogP contribution in [0.3, 0.4) is 0 Å². The SMILES string of the molecule is CCc1noc(CSc2nc3cc(Cl)ccc3c(=O)n2CCCOC(C)C)n1. The topological polar surface area (TPSA) is 83.0 Å². The first-order valence-corrected chi connectivity index (χ1v) is 10.6. The van der Waals surface area contributed by atoms with E-state index in [4.69, 9.17) is 20.9 Å². The van der Waals surface area contributed by atoms with Crippen LogP contribution in [0.4, 0.5) is 0 Å². The molecule has 0 atom stereocenters. The molecule has 3 aromatic rings. The summed E-state index contributed by atoms with van der Waals surface area (Å²) in [7, 11) is 0. The normalized spacial score (nSPS) is 11.6. The fourth-order valence-corrected chi connectivity index (χ4v) is 3.67. The molecule has 0 aliphatic heterocycles. The van der Waals surface area contributed by atoms with Gasteiger partial charge in [-0.1, -0.05) is 35.4 Å². The van der Waals surface area contributed by atoms with E-state index in [1.807, 2.05) is 20.8 Å². The van der Waals surface area contributed by atoms with Crippen LogP contribution in [0.1, 0.15) is 38.9 Å². The number of thioether (sulfide) groups is 1. The molecule has 0 spiro atoms. The predicted molar refractivity (Wildman–Crippen MR) is 110 cm³/mol. The van der Waals surface area contributed by atoms with E-state index in [2.05, 4.69) is 15.1 Å². The van der Waals surface area contributed by atoms with Gasteiger partial charge in [0.15, 0.2) is 11.0 Å². The highest BCUT2D eigenvalue weighted by atomic mass is 35.5. The number of aryl methyl sites for hydroxylation is 1. The third-order valence-electron chi connectivity index (χ3n) is 4.01. The Morgan fingerprint density at radius 2 is 2.14 bits per heavy atom. The molecule has 0 unspecified atom stereocenters. The van der Waals surface area contributed by atoms with Crippen LogP contribution in [0.15, 0.2) is 32.7 Å². The molecule has 0 fully saturated rings. The molecule has 2 aromatic heterocycles. The van der Waals surface area contributed by atoms with Gasteiger partial charge < -0.3 is 9.26 Å². The molecule has 28 heavy (non-hydrogen) atoms. The summed E-state index contributed by atoms with van der Waals surface area (Å²) in [4.78, 5) is 22.0. The minimum absolute atomic E-state index is 0.0894. The van der Waals surface area contributed by atoms with Crippen LogP contribution in [0, 0.1) is 0 Å². The summed E-state index contributed by atoms with van der Waals surface area (Å²) in [6.07, 6.45) is 1.58. The van der Waals surface area contributed by atoms with E-state index in [1.54, 1.807) is 22.8 Å². The molecular weight excluding hydrogens is 400 g/mol. The molecule has 9 heteroatoms. The van der Waals surface area contributed by atoms with Crippen LogP contribution in [0.25, 0.3) is 10.9 Å². The number of hydrogen-bond donors (Lipinski definition) is 0. The van der Waals surface area contributed by atoms with Crippen molar-refractivity contribution in [3.63, 3.8) is 0 Å². The summed E-state index contributed by atoms with van der Waals surface area (Å²) < 4.78 is 12.5. The lowest BCUT2D eigenvalue weighted by Gasteiger charge is -2.13. The molecule has 0 radical (unpaired) electrons. The highest BCUT2D eigenvalue weighted by Crippen LogP contribution is 2.23. The number of rotatable bonds is 9. The monoisotopic (exact) mass is 422 g/mol. The van der Waals surface area contributed by atoms with Crippen molar-refractivity contribution in [3.05, 3.63) is 45.3 Å². The van der Waals surface area contributed by atoms with Gasteiger partial charge in [-0.25, -0.2) is 4.98 Å². The fraction of sp³-hybridized carbons (Fsp3) is 0.474. The number of aromatic nitrogens is 4. The zero-order chi connectivity index (χ0) is 20.1. The van der Waals surface area contributed by atoms with Crippen LogP contribution in [-0.4, -0.2) is 32.4 Å². The molecule has 0 saturated heterocycles. The molecule has 0 saturated carbocycles. The van der Waals surface area contributed by atoms with Gasteiger partial charge in [0.05, 0.1) is 22.8 Å². The third-order valence-corrected chi connectivity index (χ3v) is 5.21. The zero-order valence-electron chi connectivity index (χ0n) is 16.1. The first kappa shape index (κ1) is 20.8. The zero-order valence-corrected chi connectivity index (χ0v) is 17.7. The van der Waals surface area contributed by atoms with E-state index in [-0.39, 0.29) is 11.7 Å². The Hall–Kier alpha value is -1.90. The standard InChI is InChI=1S/C19H23ClN4O3S/c1-4-16-22-17(27-23-16)11-28-19-21-15-10-13(20)6-7-14(15)18(25)24(19)8-5-9-26-12(2)3/h6-7,10,12H,4-5,8-9,11H2,1-3H3. The highest BCUT2D eigenvalue weighted by Gasteiger charge is 2.14. The van der Waals surface area contributed by atoms with Gasteiger partial charge in [0, 0.05) is 24.6 Å². The number of benzene rings is 1. The second-order valence-electron chi connectivity index (χ2n) is 6.53. The Labute approximate surface area is 172 Å². The average Bonchev–Trinajstić information content (AvgIpc) is 3.12. The van der Waals surface area contributed by atoms with Gasteiger partial charge in [-0.05, 0) is 38.5 Å². The van der Waals surface area contributed by atoms with Gasteiger partial charge in [-0.2, -0.15) is 4.98 Å². The molecule has 1 aromatic carbocycles. The van der Waals surface area contributed by atoms with Crippen LogP contribution in [0.2, 0.25) is 5.02 Å². The maximum absolute atomic E-state index is 13.0. The van der Waals surface area contributed by atoms with Crippen molar-refractivity contribution >= 4 is 34.3 Å². The Kier molecular flexibility index (Phi) is 7.09. The number of ether oxygens (including phenoxy) is 1. The Morgan fingerprint density at radius 3 is 2.86 bits per heavy atom. The predicted octanol–water partition coefficient (Wildman–Crippen LogP) is 4.10. The number of nitrogens with zero attached hydrogens (tertiary/aromatic N) is 4. The van der Waals surface area contributed by atoms with Crippen molar-refractivity contribution in [3.8, 4) is 0 Å². The Morgan fingerprint density at radius 1 is 1.32 bits per heavy atom. The molecule has 0 N–H and O–H groups in total. The van der Waals surface area contributed by atoms with Crippen molar-refractivity contribution in [2.45, 2.75) is 57.2 Å². The van der Waals surface area contributed by atoms with Crippen LogP contribution < -0.4 is 5.56 Å². The average molecular weight is 423 g/mol. The largest absolute Gasteiger partial charge is 0.379 e. The molecular formula is C19H23ClN4O3S. The van der Waals surface area contributed by atoms with E-state index < -0.39 is 0 Å². The van der Waals surface area contributed by atoms with Crippen LogP contribution in [0.5, 0.6) is 0 Å². The summed E-state index contributed by atoms with van der Waals surface area (Å²) in [5.41, 5.74) is 0.489. The van der Waals surface area contributed by atoms with Gasteiger partial charge in [0.1, 0.15) is 0 Å². The van der Waals surface area contributed by atoms with Gasteiger partial charge in [-0.3, -0.25) is 9.36 Å². The molecule has 7 nitrogen and oxygen atoms in total. The molecule has 3 rings (SSSR count). The van der Waals surface area contributed by atoms with E-state index in [0.717, 1.165) is 0 Å². The Balaban J connectivity index is 1.87. The Bertz CT molecular complexity index is 1000. The second-order valence-corrected chi connectivity index (χ2v) is 7.91. The van der Waals surface area contributed by atoms with Crippen molar-refractivity contribution < 1.29 is 9.26 Å². The maximum atomic E-state index is 13.0. The molecule has 0 aliphatic carbocycles. The summed E-state index contributed by atoms with van der Waals surface area (Å²) in [6.45, 7) is 7.04. The number of hydrogen-bond acceptors (Lipinski definition) is 7. The number of fused-ring (bicyclic) bond motifs is 1. The van der Waals surface area contributed by atoms with Crippen molar-refractivity contribution in [1.29, 1.82) is 0 Å². The number of halogens is 1. The molecule has 0 aliphatic rings. The van der Waals surface area contributed by atoms with Crippen LogP contribution in [-0.2, 0) is 23.5 Å². The quantitative estimate of drug-likeness (QED) is 0.291. The van der Waals surface area contributed by atoms with Gasteiger partial charge >= 0.3 is 0 Å². The first-order chi connectivity index (χ1) is 13.5. The molecule has 150 valence electrons. The molecule has 2 heterocycles. The summed E-state index contributed by atoms with van der Waals surface area (Å²) in [6, 6.07) is 5.13. The van der Waals surface area contributed by atoms with E-state index in [1.165, 1.54) is 11.8 Å². The lowest BCUT2D eigenvalue weighted by molar-refractivity contribution is 0.0743. The van der Waals surface area contributed by atoms with E-state index >= 15 is 0 Å². The third kappa shape index (κ3) is 5.12. The van der Waals surface area contributed by atoms with Gasteiger partial charge in [0.25, 0.3) is 5.56 Å². The lowest BCUT2D eigenvalue weighted by atomic mass is 10.2. The first-order valence-electron chi connectivity index (χ1n) is 9.24. The minimum atomic E-state index is -0.0894. The molecule has 0 bridgehead atoms. The second kappa shape index (κ2) is 9.54. The minimum Gasteiger partial charge on any atom is -0.379 e. The summed E-state index contributed by atoms with van der Waals surface area (Å²) >= 11 is 7.48. The van der Waals surface area contributed by atoms with E-state index in [9.17, 15) is 4.79 Å². The molecule has 0 amide bonds. The van der Waals surface area contributed by atoms with Crippen LogP contribution >= 0.6 is 23.4 Å². The summed E-state index contributed by atoms with van der Waals surface area (Å²) in [5.74, 6) is 1.61. The smallest absolute Gasteiger partial charge is 0.262 e. The van der Waals surface area contributed by atoms with Crippen molar-refractivity contribution in [1.82, 2.24) is 19.7 Å². The van der Waals surface area contributed by atoms with Crippen molar-refractivity contribution in [2.75, 3.05) is 6.61 Å². The van der Waals surface area contributed by atoms with Gasteiger partial charge in [-0.15, -0.1) is 0 Å². The van der Waals surface area contributed by atoms with Gasteiger partial charge in [0.2, 0.25) is 5.89 Å². The lowest BCUT2D eigenvalue weighted by Crippen LogP contribution is -2.24. The summed E-state index contributed by atoms with van der Waals surface area (Å²) in [5, 5.41) is 5.59. The van der Waals surface area contributed by atoms with Crippen molar-refractivity contribution in [2.24, 2.45) is 0 Å². The van der Waals surface area contributed by atoms with E-state index in [0.29, 0.717) is 64.5 Å². The maximum Gasteiger partial charge on any atom is 0.262 e. The highest BCUT2D eigenvalue weighted by molar-refractivity contribution is 7.98.